The van der Waals surface area contributed by atoms with Gasteiger partial charge in [0.1, 0.15) is 12.1 Å². The average molecular weight is 213 g/mol. The Bertz CT molecular complexity index is 618. The number of benzene rings is 2. The van der Waals surface area contributed by atoms with Crippen molar-refractivity contribution in [3.63, 3.8) is 0 Å². The molecular formula is C12H5ClN2. The highest BCUT2D eigenvalue weighted by Crippen LogP contribution is 2.22. The molecule has 2 rings (SSSR count). The van der Waals surface area contributed by atoms with Crippen molar-refractivity contribution in [1.29, 1.82) is 10.5 Å². The number of fused-ring (bicyclic) bond motifs is 1. The molecule has 70 valence electrons. The Morgan fingerprint density at radius 3 is 2.07 bits per heavy atom. The van der Waals surface area contributed by atoms with Gasteiger partial charge >= 0.3 is 0 Å². The Morgan fingerprint density at radius 2 is 1.47 bits per heavy atom. The minimum absolute atomic E-state index is 0.382. The molecule has 0 aliphatic heterocycles. The number of nitrogens with zero attached hydrogens (tertiary/aromatic N) is 2. The first-order chi connectivity index (χ1) is 7.24. The van der Waals surface area contributed by atoms with Gasteiger partial charge in [-0.1, -0.05) is 17.7 Å². The van der Waals surface area contributed by atoms with Crippen molar-refractivity contribution in [2.75, 3.05) is 0 Å². The van der Waals surface area contributed by atoms with Crippen LogP contribution < -0.4 is 0 Å². The van der Waals surface area contributed by atoms with E-state index in [0.717, 1.165) is 10.8 Å². The molecule has 0 aliphatic carbocycles. The van der Waals surface area contributed by atoms with Gasteiger partial charge in [-0.25, -0.2) is 0 Å². The van der Waals surface area contributed by atoms with Crippen LogP contribution in [-0.2, 0) is 0 Å². The Kier molecular flexibility index (Phi) is 2.29. The van der Waals surface area contributed by atoms with Crippen LogP contribution in [0.5, 0.6) is 0 Å². The summed E-state index contributed by atoms with van der Waals surface area (Å²) in [5.74, 6) is 0. The van der Waals surface area contributed by atoms with Gasteiger partial charge in [-0.15, -0.1) is 0 Å². The van der Waals surface area contributed by atoms with Crippen LogP contribution in [-0.4, -0.2) is 0 Å². The third-order valence-corrected chi connectivity index (χ3v) is 2.41. The van der Waals surface area contributed by atoms with Crippen LogP contribution in [0, 0.1) is 22.7 Å². The molecule has 0 heterocycles. The molecule has 15 heavy (non-hydrogen) atoms. The zero-order valence-electron chi connectivity index (χ0n) is 7.66. The van der Waals surface area contributed by atoms with E-state index in [1.54, 1.807) is 24.3 Å². The van der Waals surface area contributed by atoms with Gasteiger partial charge in [-0.05, 0) is 35.0 Å². The number of hydrogen-bond donors (Lipinski definition) is 0. The minimum atomic E-state index is 0.382. The lowest BCUT2D eigenvalue weighted by Gasteiger charge is -2.00. The van der Waals surface area contributed by atoms with Crippen LogP contribution in [0.3, 0.4) is 0 Å². The van der Waals surface area contributed by atoms with Crippen molar-refractivity contribution in [3.05, 3.63) is 46.5 Å². The molecule has 0 saturated heterocycles. The fraction of sp³-hybridized carbons (Fsp3) is 0. The van der Waals surface area contributed by atoms with Crippen molar-refractivity contribution in [1.82, 2.24) is 0 Å². The normalized spacial score (nSPS) is 9.53. The lowest BCUT2D eigenvalue weighted by Crippen LogP contribution is -1.84. The fourth-order valence-corrected chi connectivity index (χ4v) is 1.63. The lowest BCUT2D eigenvalue weighted by molar-refractivity contribution is 1.45. The monoisotopic (exact) mass is 212 g/mol. The molecule has 0 unspecified atom stereocenters. The molecule has 0 aliphatic rings. The maximum Gasteiger partial charge on any atom is 0.101 e. The van der Waals surface area contributed by atoms with E-state index < -0.39 is 0 Å². The standard InChI is InChI=1S/C12H5ClN2/c13-12-2-1-8-3-10(6-14)11(7-15)4-9(8)5-12/h1-5H. The highest BCUT2D eigenvalue weighted by Gasteiger charge is 2.04. The summed E-state index contributed by atoms with van der Waals surface area (Å²) in [6.45, 7) is 0. The average Bonchev–Trinajstić information content (AvgIpc) is 2.27. The van der Waals surface area contributed by atoms with Gasteiger partial charge in [0.2, 0.25) is 0 Å². The Hall–Kier alpha value is -2.03. The van der Waals surface area contributed by atoms with Crippen LogP contribution in [0.15, 0.2) is 30.3 Å². The van der Waals surface area contributed by atoms with Crippen LogP contribution in [0.2, 0.25) is 5.02 Å². The summed E-state index contributed by atoms with van der Waals surface area (Å²) in [6.07, 6.45) is 0. The molecule has 0 atom stereocenters. The second-order valence-electron chi connectivity index (χ2n) is 3.11. The van der Waals surface area contributed by atoms with E-state index in [9.17, 15) is 0 Å². The molecule has 2 nitrogen and oxygen atoms in total. The fourth-order valence-electron chi connectivity index (χ4n) is 1.45. The van der Waals surface area contributed by atoms with Crippen molar-refractivity contribution < 1.29 is 0 Å². The Balaban J connectivity index is 2.84. The van der Waals surface area contributed by atoms with Gasteiger partial charge in [0.25, 0.3) is 0 Å². The summed E-state index contributed by atoms with van der Waals surface area (Å²) >= 11 is 5.84. The van der Waals surface area contributed by atoms with Crippen LogP contribution in [0.4, 0.5) is 0 Å². The van der Waals surface area contributed by atoms with Crippen molar-refractivity contribution >= 4 is 22.4 Å². The molecule has 2 aromatic carbocycles. The lowest BCUT2D eigenvalue weighted by atomic mass is 10.0. The molecule has 0 aromatic heterocycles. The molecule has 0 bridgehead atoms. The van der Waals surface area contributed by atoms with E-state index in [1.807, 2.05) is 18.2 Å². The second kappa shape index (κ2) is 3.61. The van der Waals surface area contributed by atoms with Crippen LogP contribution in [0.1, 0.15) is 11.1 Å². The summed E-state index contributed by atoms with van der Waals surface area (Å²) in [5.41, 5.74) is 0.777. The molecular weight excluding hydrogens is 208 g/mol. The third-order valence-electron chi connectivity index (χ3n) is 2.18. The van der Waals surface area contributed by atoms with E-state index in [4.69, 9.17) is 22.1 Å². The Labute approximate surface area is 91.9 Å². The first kappa shape index (κ1) is 9.52. The number of rotatable bonds is 0. The van der Waals surface area contributed by atoms with E-state index in [2.05, 4.69) is 0 Å². The number of nitriles is 2. The molecule has 0 fully saturated rings. The smallest absolute Gasteiger partial charge is 0.101 e. The predicted octanol–water partition coefficient (Wildman–Crippen LogP) is 3.24. The zero-order valence-corrected chi connectivity index (χ0v) is 8.42. The van der Waals surface area contributed by atoms with E-state index in [-0.39, 0.29) is 0 Å². The van der Waals surface area contributed by atoms with E-state index >= 15 is 0 Å². The molecule has 0 saturated carbocycles. The zero-order chi connectivity index (χ0) is 10.8. The van der Waals surface area contributed by atoms with Gasteiger partial charge in [0, 0.05) is 5.02 Å². The third kappa shape index (κ3) is 1.64. The van der Waals surface area contributed by atoms with Gasteiger partial charge in [0.05, 0.1) is 11.1 Å². The van der Waals surface area contributed by atoms with Crippen molar-refractivity contribution in [3.8, 4) is 12.1 Å². The highest BCUT2D eigenvalue weighted by molar-refractivity contribution is 6.31. The first-order valence-electron chi connectivity index (χ1n) is 4.28. The summed E-state index contributed by atoms with van der Waals surface area (Å²) in [7, 11) is 0. The predicted molar refractivity (Wildman–Crippen MR) is 58.4 cm³/mol. The summed E-state index contributed by atoms with van der Waals surface area (Å²) in [6, 6.07) is 12.7. The van der Waals surface area contributed by atoms with Gasteiger partial charge < -0.3 is 0 Å². The topological polar surface area (TPSA) is 47.6 Å². The van der Waals surface area contributed by atoms with E-state index in [1.165, 1.54) is 0 Å². The SMILES string of the molecule is N#Cc1cc2ccc(Cl)cc2cc1C#N. The first-order valence-corrected chi connectivity index (χ1v) is 4.66. The summed E-state index contributed by atoms with van der Waals surface area (Å²) in [5, 5.41) is 20.1. The molecule has 2 aromatic rings. The van der Waals surface area contributed by atoms with Gasteiger partial charge in [0.15, 0.2) is 0 Å². The molecule has 0 radical (unpaired) electrons. The summed E-state index contributed by atoms with van der Waals surface area (Å²) < 4.78 is 0. The highest BCUT2D eigenvalue weighted by atomic mass is 35.5. The molecule has 3 heteroatoms. The van der Waals surface area contributed by atoms with Crippen molar-refractivity contribution in [2.24, 2.45) is 0 Å². The maximum atomic E-state index is 8.84. The van der Waals surface area contributed by atoms with Gasteiger partial charge in [-0.2, -0.15) is 10.5 Å². The molecule has 0 spiro atoms. The second-order valence-corrected chi connectivity index (χ2v) is 3.55. The van der Waals surface area contributed by atoms with Gasteiger partial charge in [-0.3, -0.25) is 0 Å². The van der Waals surface area contributed by atoms with E-state index in [0.29, 0.717) is 16.1 Å². The number of hydrogen-bond acceptors (Lipinski definition) is 2. The molecule has 0 N–H and O–H groups in total. The van der Waals surface area contributed by atoms with Crippen LogP contribution in [0.25, 0.3) is 10.8 Å². The van der Waals surface area contributed by atoms with Crippen LogP contribution >= 0.6 is 11.6 Å². The quantitative estimate of drug-likeness (QED) is 0.673. The minimum Gasteiger partial charge on any atom is -0.192 e. The number of halogens is 1. The molecule has 0 amide bonds. The Morgan fingerprint density at radius 1 is 0.867 bits per heavy atom. The maximum absolute atomic E-state index is 8.84. The largest absolute Gasteiger partial charge is 0.192 e. The van der Waals surface area contributed by atoms with Crippen molar-refractivity contribution in [2.45, 2.75) is 0 Å². The summed E-state index contributed by atoms with van der Waals surface area (Å²) in [4.78, 5) is 0.